The summed E-state index contributed by atoms with van der Waals surface area (Å²) in [4.78, 5) is 7.90. The topological polar surface area (TPSA) is 37.8 Å². The van der Waals surface area contributed by atoms with Crippen LogP contribution in [0.2, 0.25) is 10.2 Å². The predicted molar refractivity (Wildman–Crippen MR) is 65.8 cm³/mol. The fourth-order valence-corrected chi connectivity index (χ4v) is 1.65. The van der Waals surface area contributed by atoms with Gasteiger partial charge in [0.05, 0.1) is 5.02 Å². The summed E-state index contributed by atoms with van der Waals surface area (Å²) in [5.74, 6) is 0.0440. The summed E-state index contributed by atoms with van der Waals surface area (Å²) in [6.45, 7) is 0.443. The number of nitrogens with one attached hydrogen (secondary N) is 1. The summed E-state index contributed by atoms with van der Waals surface area (Å²) in [6, 6.07) is 4.50. The minimum absolute atomic E-state index is 0.0922. The molecule has 0 bridgehead atoms. The van der Waals surface area contributed by atoms with E-state index in [2.05, 4.69) is 15.3 Å². The second kappa shape index (κ2) is 5.29. The maximum Gasteiger partial charge on any atom is 0.171 e. The number of hydrogen-bond acceptors (Lipinski definition) is 3. The van der Waals surface area contributed by atoms with Crippen LogP contribution in [0.3, 0.4) is 0 Å². The summed E-state index contributed by atoms with van der Waals surface area (Å²) in [5.41, 5.74) is 0.832. The van der Waals surface area contributed by atoms with E-state index < -0.39 is 5.82 Å². The van der Waals surface area contributed by atoms with E-state index in [1.54, 1.807) is 12.1 Å². The predicted octanol–water partition coefficient (Wildman–Crippen LogP) is 3.53. The molecule has 0 aliphatic heterocycles. The Kier molecular flexibility index (Phi) is 3.76. The molecule has 1 N–H and O–H groups in total. The third-order valence-electron chi connectivity index (χ3n) is 2.10. The third-order valence-corrected chi connectivity index (χ3v) is 2.66. The lowest BCUT2D eigenvalue weighted by Gasteiger charge is -2.06. The molecule has 1 aromatic carbocycles. The van der Waals surface area contributed by atoms with Crippen LogP contribution in [0.4, 0.5) is 10.2 Å². The first-order valence-corrected chi connectivity index (χ1v) is 5.56. The number of benzene rings is 1. The number of anilines is 1. The van der Waals surface area contributed by atoms with E-state index in [0.29, 0.717) is 17.5 Å². The zero-order valence-electron chi connectivity index (χ0n) is 8.62. The summed E-state index contributed by atoms with van der Waals surface area (Å²) in [7, 11) is 0. The molecule has 0 saturated heterocycles. The SMILES string of the molecule is Fc1ccc(CNc2nccnc2Cl)cc1Cl. The maximum absolute atomic E-state index is 12.9. The van der Waals surface area contributed by atoms with Crippen LogP contribution in [0.5, 0.6) is 0 Å². The van der Waals surface area contributed by atoms with Crippen LogP contribution >= 0.6 is 23.2 Å². The van der Waals surface area contributed by atoms with Crippen molar-refractivity contribution in [2.45, 2.75) is 6.54 Å². The molecule has 0 unspecified atom stereocenters. The van der Waals surface area contributed by atoms with Gasteiger partial charge < -0.3 is 5.32 Å². The Balaban J connectivity index is 2.08. The van der Waals surface area contributed by atoms with Crippen molar-refractivity contribution in [2.75, 3.05) is 5.32 Å². The van der Waals surface area contributed by atoms with Gasteiger partial charge in [-0.1, -0.05) is 29.3 Å². The Bertz CT molecular complexity index is 534. The molecule has 0 aliphatic carbocycles. The van der Waals surface area contributed by atoms with Crippen LogP contribution in [0.25, 0.3) is 0 Å². The smallest absolute Gasteiger partial charge is 0.171 e. The second-order valence-electron chi connectivity index (χ2n) is 3.30. The van der Waals surface area contributed by atoms with Gasteiger partial charge in [-0.25, -0.2) is 14.4 Å². The monoisotopic (exact) mass is 271 g/mol. The molecule has 3 nitrogen and oxygen atoms in total. The van der Waals surface area contributed by atoms with Gasteiger partial charge in [0.2, 0.25) is 0 Å². The Morgan fingerprint density at radius 1 is 1.18 bits per heavy atom. The fourth-order valence-electron chi connectivity index (χ4n) is 1.28. The fraction of sp³-hybridized carbons (Fsp3) is 0.0909. The van der Waals surface area contributed by atoms with Gasteiger partial charge in [0.15, 0.2) is 11.0 Å². The largest absolute Gasteiger partial charge is 0.363 e. The maximum atomic E-state index is 12.9. The van der Waals surface area contributed by atoms with Crippen molar-refractivity contribution in [3.63, 3.8) is 0 Å². The van der Waals surface area contributed by atoms with E-state index in [-0.39, 0.29) is 5.02 Å². The van der Waals surface area contributed by atoms with E-state index in [9.17, 15) is 4.39 Å². The lowest BCUT2D eigenvalue weighted by Crippen LogP contribution is -2.02. The van der Waals surface area contributed by atoms with Crippen molar-refractivity contribution in [3.8, 4) is 0 Å². The zero-order chi connectivity index (χ0) is 12.3. The molecule has 1 heterocycles. The number of halogens is 3. The van der Waals surface area contributed by atoms with Gasteiger partial charge in [-0.2, -0.15) is 0 Å². The summed E-state index contributed by atoms with van der Waals surface area (Å²) < 4.78 is 12.9. The van der Waals surface area contributed by atoms with Gasteiger partial charge in [-0.15, -0.1) is 0 Å². The molecule has 1 aromatic heterocycles. The lowest BCUT2D eigenvalue weighted by molar-refractivity contribution is 0.627. The van der Waals surface area contributed by atoms with Crippen molar-refractivity contribution < 1.29 is 4.39 Å². The van der Waals surface area contributed by atoms with Crippen molar-refractivity contribution in [1.82, 2.24) is 9.97 Å². The lowest BCUT2D eigenvalue weighted by atomic mass is 10.2. The quantitative estimate of drug-likeness (QED) is 0.928. The molecular formula is C11H8Cl2FN3. The normalized spacial score (nSPS) is 10.3. The zero-order valence-corrected chi connectivity index (χ0v) is 10.1. The van der Waals surface area contributed by atoms with Crippen LogP contribution in [0, 0.1) is 5.82 Å². The van der Waals surface area contributed by atoms with Gasteiger partial charge in [0, 0.05) is 18.9 Å². The number of hydrogen-bond donors (Lipinski definition) is 1. The highest BCUT2D eigenvalue weighted by atomic mass is 35.5. The third kappa shape index (κ3) is 3.05. The number of aromatic nitrogens is 2. The van der Waals surface area contributed by atoms with E-state index in [4.69, 9.17) is 23.2 Å². The molecule has 17 heavy (non-hydrogen) atoms. The standard InChI is InChI=1S/C11H8Cl2FN3/c12-8-5-7(1-2-9(8)14)6-17-11-10(13)15-3-4-16-11/h1-5H,6H2,(H,16,17). The highest BCUT2D eigenvalue weighted by molar-refractivity contribution is 6.31. The number of nitrogens with zero attached hydrogens (tertiary/aromatic N) is 2. The highest BCUT2D eigenvalue weighted by Crippen LogP contribution is 2.18. The summed E-state index contributed by atoms with van der Waals surface area (Å²) in [6.07, 6.45) is 3.04. The molecule has 0 aliphatic rings. The van der Waals surface area contributed by atoms with E-state index in [0.717, 1.165) is 5.56 Å². The molecule has 88 valence electrons. The van der Waals surface area contributed by atoms with Crippen molar-refractivity contribution >= 4 is 29.0 Å². The van der Waals surface area contributed by atoms with Gasteiger partial charge in [-0.05, 0) is 17.7 Å². The highest BCUT2D eigenvalue weighted by Gasteiger charge is 2.03. The Labute approximate surface area is 108 Å². The van der Waals surface area contributed by atoms with Crippen LogP contribution in [0.1, 0.15) is 5.56 Å². The Hall–Kier alpha value is -1.39. The van der Waals surface area contributed by atoms with E-state index in [1.807, 2.05) is 0 Å². The Morgan fingerprint density at radius 2 is 1.94 bits per heavy atom. The molecule has 0 saturated carbocycles. The van der Waals surface area contributed by atoms with E-state index in [1.165, 1.54) is 18.5 Å². The molecule has 2 aromatic rings. The first-order chi connectivity index (χ1) is 8.16. The summed E-state index contributed by atoms with van der Waals surface area (Å²) in [5, 5.41) is 3.37. The minimum atomic E-state index is -0.437. The molecule has 2 rings (SSSR count). The van der Waals surface area contributed by atoms with Crippen LogP contribution in [-0.4, -0.2) is 9.97 Å². The first-order valence-electron chi connectivity index (χ1n) is 4.81. The van der Waals surface area contributed by atoms with Gasteiger partial charge in [0.25, 0.3) is 0 Å². The van der Waals surface area contributed by atoms with Crippen molar-refractivity contribution in [2.24, 2.45) is 0 Å². The molecule has 0 spiro atoms. The van der Waals surface area contributed by atoms with Gasteiger partial charge >= 0.3 is 0 Å². The van der Waals surface area contributed by atoms with E-state index >= 15 is 0 Å². The molecule has 0 radical (unpaired) electrons. The van der Waals surface area contributed by atoms with Crippen LogP contribution < -0.4 is 5.32 Å². The number of rotatable bonds is 3. The first kappa shape index (κ1) is 12.1. The molecular weight excluding hydrogens is 264 g/mol. The van der Waals surface area contributed by atoms with Crippen LogP contribution in [-0.2, 0) is 6.54 Å². The second-order valence-corrected chi connectivity index (χ2v) is 4.06. The van der Waals surface area contributed by atoms with Crippen LogP contribution in [0.15, 0.2) is 30.6 Å². The average molecular weight is 272 g/mol. The minimum Gasteiger partial charge on any atom is -0.363 e. The van der Waals surface area contributed by atoms with Crippen molar-refractivity contribution in [3.05, 3.63) is 52.1 Å². The molecule has 0 fully saturated rings. The average Bonchev–Trinajstić information content (AvgIpc) is 2.32. The summed E-state index contributed by atoms with van der Waals surface area (Å²) >= 11 is 11.5. The molecule has 0 atom stereocenters. The van der Waals surface area contributed by atoms with Gasteiger partial charge in [0.1, 0.15) is 5.82 Å². The molecule has 0 amide bonds. The molecule has 6 heteroatoms. The van der Waals surface area contributed by atoms with Gasteiger partial charge in [-0.3, -0.25) is 0 Å². The Morgan fingerprint density at radius 3 is 2.65 bits per heavy atom. The van der Waals surface area contributed by atoms with Crippen molar-refractivity contribution in [1.29, 1.82) is 0 Å².